The van der Waals surface area contributed by atoms with Crippen molar-refractivity contribution in [2.45, 2.75) is 6.92 Å². The Bertz CT molecular complexity index is 1390. The molecule has 6 heteroatoms. The summed E-state index contributed by atoms with van der Waals surface area (Å²) in [6.45, 7) is 2.03. The number of furan rings is 1. The molecule has 2 heterocycles. The van der Waals surface area contributed by atoms with E-state index in [0.29, 0.717) is 11.3 Å². The van der Waals surface area contributed by atoms with Crippen LogP contribution in [0.1, 0.15) is 16.1 Å². The van der Waals surface area contributed by atoms with Crippen LogP contribution in [-0.4, -0.2) is 15.9 Å². The molecule has 3 N–H and O–H groups in total. The van der Waals surface area contributed by atoms with Crippen LogP contribution in [0.15, 0.2) is 77.3 Å². The summed E-state index contributed by atoms with van der Waals surface area (Å²) in [5.74, 6) is 0.240. The molecule has 5 rings (SSSR count). The Morgan fingerprint density at radius 2 is 1.87 bits per heavy atom. The largest absolute Gasteiger partial charge is 0.451 e. The minimum atomic E-state index is -0.289. The van der Waals surface area contributed by atoms with E-state index in [2.05, 4.69) is 15.3 Å². The zero-order valence-corrected chi connectivity index (χ0v) is 16.2. The van der Waals surface area contributed by atoms with Gasteiger partial charge in [0.2, 0.25) is 5.95 Å². The molecular formula is C24H18N4O2. The number of aromatic nitrogens is 2. The molecule has 0 spiro atoms. The van der Waals surface area contributed by atoms with Crippen molar-refractivity contribution in [3.05, 3.63) is 84.3 Å². The van der Waals surface area contributed by atoms with Crippen LogP contribution in [0.4, 0.5) is 11.6 Å². The maximum atomic E-state index is 12.7. The number of anilines is 2. The van der Waals surface area contributed by atoms with Crippen molar-refractivity contribution < 1.29 is 9.21 Å². The highest BCUT2D eigenvalue weighted by Gasteiger charge is 2.13. The van der Waals surface area contributed by atoms with Crippen LogP contribution in [0.2, 0.25) is 0 Å². The smallest absolute Gasteiger partial charge is 0.291 e. The molecule has 1 amide bonds. The Kier molecular flexibility index (Phi) is 4.17. The van der Waals surface area contributed by atoms with E-state index < -0.39 is 0 Å². The van der Waals surface area contributed by atoms with Gasteiger partial charge in [0.25, 0.3) is 5.91 Å². The first-order valence-corrected chi connectivity index (χ1v) is 9.50. The van der Waals surface area contributed by atoms with E-state index in [1.807, 2.05) is 67.6 Å². The van der Waals surface area contributed by atoms with Crippen molar-refractivity contribution in [3.63, 3.8) is 0 Å². The second-order valence-corrected chi connectivity index (χ2v) is 7.13. The number of para-hydroxylation sites is 1. The molecule has 5 aromatic rings. The van der Waals surface area contributed by atoms with Crippen molar-refractivity contribution in [1.82, 2.24) is 9.97 Å². The summed E-state index contributed by atoms with van der Waals surface area (Å²) in [6, 6.07) is 21.0. The van der Waals surface area contributed by atoms with Crippen LogP contribution in [0.25, 0.3) is 33.0 Å². The number of nitrogens with one attached hydrogen (secondary N) is 1. The Morgan fingerprint density at radius 1 is 1.00 bits per heavy atom. The maximum absolute atomic E-state index is 12.7. The number of carbonyl (C=O) groups excluding carboxylic acids is 1. The number of hydrogen-bond acceptors (Lipinski definition) is 5. The minimum Gasteiger partial charge on any atom is -0.451 e. The number of nitrogens with two attached hydrogens (primary N) is 1. The van der Waals surface area contributed by atoms with Crippen molar-refractivity contribution in [1.29, 1.82) is 0 Å². The topological polar surface area (TPSA) is 94.0 Å². The Hall–Kier alpha value is -4.19. The van der Waals surface area contributed by atoms with Gasteiger partial charge in [0, 0.05) is 22.7 Å². The first-order valence-electron chi connectivity index (χ1n) is 9.50. The molecule has 6 nitrogen and oxygen atoms in total. The number of benzene rings is 3. The highest BCUT2D eigenvalue weighted by atomic mass is 16.3. The van der Waals surface area contributed by atoms with Gasteiger partial charge in [-0.05, 0) is 60.0 Å². The van der Waals surface area contributed by atoms with E-state index in [1.54, 1.807) is 12.3 Å². The van der Waals surface area contributed by atoms with Crippen molar-refractivity contribution in [2.75, 3.05) is 11.1 Å². The number of aryl methyl sites for hydroxylation is 1. The fourth-order valence-electron chi connectivity index (χ4n) is 3.51. The van der Waals surface area contributed by atoms with Gasteiger partial charge in [-0.3, -0.25) is 4.79 Å². The second kappa shape index (κ2) is 7.00. The highest BCUT2D eigenvalue weighted by Crippen LogP contribution is 2.29. The van der Waals surface area contributed by atoms with Gasteiger partial charge in [-0.2, -0.15) is 0 Å². The minimum absolute atomic E-state index is 0.252. The van der Waals surface area contributed by atoms with Gasteiger partial charge >= 0.3 is 0 Å². The average Bonchev–Trinajstić information content (AvgIpc) is 3.19. The van der Waals surface area contributed by atoms with Gasteiger partial charge in [0.1, 0.15) is 5.58 Å². The zero-order chi connectivity index (χ0) is 20.7. The molecule has 3 aromatic carbocycles. The zero-order valence-electron chi connectivity index (χ0n) is 16.2. The Labute approximate surface area is 172 Å². The van der Waals surface area contributed by atoms with Crippen LogP contribution < -0.4 is 11.1 Å². The normalized spacial score (nSPS) is 11.1. The van der Waals surface area contributed by atoms with E-state index in [0.717, 1.165) is 33.0 Å². The lowest BCUT2D eigenvalue weighted by Crippen LogP contribution is -2.10. The Morgan fingerprint density at radius 3 is 2.73 bits per heavy atom. The molecule has 0 aliphatic carbocycles. The van der Waals surface area contributed by atoms with Gasteiger partial charge in [-0.25, -0.2) is 9.97 Å². The third-order valence-corrected chi connectivity index (χ3v) is 5.05. The van der Waals surface area contributed by atoms with Crippen molar-refractivity contribution >= 4 is 39.4 Å². The molecule has 0 aliphatic rings. The molecular weight excluding hydrogens is 376 g/mol. The number of nitrogens with zero attached hydrogens (tertiary/aromatic N) is 2. The fraction of sp³-hybridized carbons (Fsp3) is 0.0417. The first kappa shape index (κ1) is 17.9. The van der Waals surface area contributed by atoms with Crippen LogP contribution in [0, 0.1) is 6.92 Å². The SMILES string of the molecule is Cc1ccc(NC(=O)c2cc3ccccc3o2)cc1-c1ccc2nc(N)ncc2c1. The first-order chi connectivity index (χ1) is 14.6. The number of nitrogen functional groups attached to an aromatic ring is 1. The summed E-state index contributed by atoms with van der Waals surface area (Å²) in [7, 11) is 0. The van der Waals surface area contributed by atoms with Crippen molar-refractivity contribution in [2.24, 2.45) is 0 Å². The molecule has 0 fully saturated rings. The van der Waals surface area contributed by atoms with Crippen LogP contribution >= 0.6 is 0 Å². The lowest BCUT2D eigenvalue weighted by molar-refractivity contribution is 0.0998. The van der Waals surface area contributed by atoms with E-state index in [1.165, 1.54) is 0 Å². The lowest BCUT2D eigenvalue weighted by Gasteiger charge is -2.11. The molecule has 0 radical (unpaired) electrons. The van der Waals surface area contributed by atoms with Gasteiger partial charge < -0.3 is 15.5 Å². The molecule has 0 saturated heterocycles. The van der Waals surface area contributed by atoms with Crippen molar-refractivity contribution in [3.8, 4) is 11.1 Å². The van der Waals surface area contributed by atoms with E-state index in [4.69, 9.17) is 10.2 Å². The van der Waals surface area contributed by atoms with Crippen LogP contribution in [0.3, 0.4) is 0 Å². The summed E-state index contributed by atoms with van der Waals surface area (Å²) < 4.78 is 5.66. The third kappa shape index (κ3) is 3.24. The Balaban J connectivity index is 1.47. The number of carbonyl (C=O) groups is 1. The van der Waals surface area contributed by atoms with Crippen LogP contribution in [-0.2, 0) is 0 Å². The summed E-state index contributed by atoms with van der Waals surface area (Å²) >= 11 is 0. The van der Waals surface area contributed by atoms with Crippen LogP contribution in [0.5, 0.6) is 0 Å². The number of fused-ring (bicyclic) bond motifs is 2. The monoisotopic (exact) mass is 394 g/mol. The number of amides is 1. The number of rotatable bonds is 3. The molecule has 30 heavy (non-hydrogen) atoms. The van der Waals surface area contributed by atoms with Gasteiger partial charge in [-0.15, -0.1) is 0 Å². The van der Waals surface area contributed by atoms with Gasteiger partial charge in [0.05, 0.1) is 5.52 Å². The van der Waals surface area contributed by atoms with Gasteiger partial charge in [-0.1, -0.05) is 30.3 Å². The molecule has 0 saturated carbocycles. The summed E-state index contributed by atoms with van der Waals surface area (Å²) in [5.41, 5.74) is 10.9. The second-order valence-electron chi connectivity index (χ2n) is 7.13. The molecule has 0 aliphatic heterocycles. The predicted molar refractivity (Wildman–Crippen MR) is 118 cm³/mol. The fourth-order valence-corrected chi connectivity index (χ4v) is 3.51. The quantitative estimate of drug-likeness (QED) is 0.439. The summed E-state index contributed by atoms with van der Waals surface area (Å²) in [6.07, 6.45) is 1.71. The molecule has 0 unspecified atom stereocenters. The number of hydrogen-bond donors (Lipinski definition) is 2. The van der Waals surface area contributed by atoms with E-state index in [9.17, 15) is 4.79 Å². The standard InChI is InChI=1S/C24H18N4O2/c1-14-6-8-18(27-23(29)22-11-16-4-2-3-5-21(16)30-22)12-19(14)15-7-9-20-17(10-15)13-26-24(25)28-20/h2-13H,1H3,(H,27,29)(H2,25,26,28). The highest BCUT2D eigenvalue weighted by molar-refractivity contribution is 6.05. The molecule has 2 aromatic heterocycles. The van der Waals surface area contributed by atoms with E-state index in [-0.39, 0.29) is 17.6 Å². The van der Waals surface area contributed by atoms with E-state index >= 15 is 0 Å². The average molecular weight is 394 g/mol. The summed E-state index contributed by atoms with van der Waals surface area (Å²) in [5, 5.41) is 4.72. The van der Waals surface area contributed by atoms with Gasteiger partial charge in [0.15, 0.2) is 5.76 Å². The molecule has 146 valence electrons. The maximum Gasteiger partial charge on any atom is 0.291 e. The lowest BCUT2D eigenvalue weighted by atomic mass is 9.98. The predicted octanol–water partition coefficient (Wildman–Crippen LogP) is 5.19. The molecule has 0 atom stereocenters. The summed E-state index contributed by atoms with van der Waals surface area (Å²) in [4.78, 5) is 21.0. The third-order valence-electron chi connectivity index (χ3n) is 5.05. The molecule has 0 bridgehead atoms.